The van der Waals surface area contributed by atoms with Crippen molar-refractivity contribution in [3.63, 3.8) is 0 Å². The van der Waals surface area contributed by atoms with Gasteiger partial charge in [-0.15, -0.1) is 0 Å². The zero-order valence-corrected chi connectivity index (χ0v) is 8.37. The molecule has 0 spiro atoms. The Hall–Kier alpha value is -1.72. The van der Waals surface area contributed by atoms with Crippen molar-refractivity contribution in [3.8, 4) is 0 Å². The van der Waals surface area contributed by atoms with E-state index >= 15 is 0 Å². The van der Waals surface area contributed by atoms with Gasteiger partial charge >= 0.3 is 0 Å². The van der Waals surface area contributed by atoms with E-state index in [9.17, 15) is 0 Å². The lowest BCUT2D eigenvalue weighted by Gasteiger charge is -1.91. The van der Waals surface area contributed by atoms with Crippen LogP contribution in [-0.2, 0) is 6.54 Å². The fraction of sp³-hybridized carbons (Fsp3) is 0.556. The minimum absolute atomic E-state index is 0.469. The van der Waals surface area contributed by atoms with Crippen LogP contribution in [0.2, 0.25) is 0 Å². The predicted octanol–water partition coefficient (Wildman–Crippen LogP) is 0.833. The van der Waals surface area contributed by atoms with Crippen molar-refractivity contribution >= 4 is 0 Å². The number of hydrogen-bond acceptors (Lipinski definition) is 5. The van der Waals surface area contributed by atoms with Gasteiger partial charge in [0.1, 0.15) is 6.54 Å². The average Bonchev–Trinajstić information content (AvgIpc) is 2.74. The zero-order chi connectivity index (χ0) is 10.3. The Labute approximate surface area is 86.3 Å². The SMILES string of the molecule is CC1CC1c1nc(Cn2nccn2)no1. The molecule has 2 unspecified atom stereocenters. The summed E-state index contributed by atoms with van der Waals surface area (Å²) in [6.07, 6.45) is 4.41. The summed E-state index contributed by atoms with van der Waals surface area (Å²) >= 11 is 0. The smallest absolute Gasteiger partial charge is 0.230 e. The number of hydrogen-bond donors (Lipinski definition) is 0. The standard InChI is InChI=1S/C9H11N5O/c1-6-4-7(6)9-12-8(13-15-9)5-14-10-2-3-11-14/h2-3,6-7H,4-5H2,1H3. The van der Waals surface area contributed by atoms with Gasteiger partial charge in [-0.1, -0.05) is 12.1 Å². The first kappa shape index (κ1) is 8.58. The molecule has 1 saturated carbocycles. The van der Waals surface area contributed by atoms with Crippen LogP contribution in [0.1, 0.15) is 31.0 Å². The molecule has 1 fully saturated rings. The fourth-order valence-corrected chi connectivity index (χ4v) is 1.60. The van der Waals surface area contributed by atoms with E-state index in [1.165, 1.54) is 4.80 Å². The summed E-state index contributed by atoms with van der Waals surface area (Å²) in [5.74, 6) is 2.54. The third kappa shape index (κ3) is 1.62. The molecule has 0 aliphatic heterocycles. The molecule has 2 heterocycles. The van der Waals surface area contributed by atoms with Crippen molar-refractivity contribution in [1.82, 2.24) is 25.1 Å². The highest BCUT2D eigenvalue weighted by molar-refractivity contribution is 5.05. The summed E-state index contributed by atoms with van der Waals surface area (Å²) in [6, 6.07) is 0. The largest absolute Gasteiger partial charge is 0.339 e. The Balaban J connectivity index is 1.74. The molecular weight excluding hydrogens is 194 g/mol. The van der Waals surface area contributed by atoms with Crippen molar-refractivity contribution in [2.45, 2.75) is 25.8 Å². The van der Waals surface area contributed by atoms with Crippen LogP contribution in [0.4, 0.5) is 0 Å². The lowest BCUT2D eigenvalue weighted by atomic mass is 10.3. The summed E-state index contributed by atoms with van der Waals surface area (Å²) in [5.41, 5.74) is 0. The van der Waals surface area contributed by atoms with Crippen molar-refractivity contribution in [1.29, 1.82) is 0 Å². The van der Waals surface area contributed by atoms with Crippen LogP contribution in [0.25, 0.3) is 0 Å². The molecule has 2 aromatic heterocycles. The molecule has 2 atom stereocenters. The second kappa shape index (κ2) is 3.15. The van der Waals surface area contributed by atoms with Crippen molar-refractivity contribution < 1.29 is 4.52 Å². The first-order valence-electron chi connectivity index (χ1n) is 4.99. The van der Waals surface area contributed by atoms with Crippen LogP contribution in [0, 0.1) is 5.92 Å². The third-order valence-electron chi connectivity index (χ3n) is 2.66. The number of aromatic nitrogens is 5. The number of nitrogens with zero attached hydrogens (tertiary/aromatic N) is 5. The molecule has 0 N–H and O–H groups in total. The van der Waals surface area contributed by atoms with Gasteiger partial charge in [-0.3, -0.25) is 0 Å². The molecule has 15 heavy (non-hydrogen) atoms. The lowest BCUT2D eigenvalue weighted by Crippen LogP contribution is -2.04. The van der Waals surface area contributed by atoms with E-state index in [4.69, 9.17) is 4.52 Å². The first-order valence-corrected chi connectivity index (χ1v) is 4.99. The van der Waals surface area contributed by atoms with E-state index in [1.54, 1.807) is 12.4 Å². The Morgan fingerprint density at radius 3 is 2.87 bits per heavy atom. The molecule has 0 saturated heterocycles. The van der Waals surface area contributed by atoms with Crippen molar-refractivity contribution in [2.75, 3.05) is 0 Å². The summed E-state index contributed by atoms with van der Waals surface area (Å²) in [6.45, 7) is 2.65. The van der Waals surface area contributed by atoms with Crippen LogP contribution < -0.4 is 0 Å². The van der Waals surface area contributed by atoms with Gasteiger partial charge in [0.25, 0.3) is 0 Å². The third-order valence-corrected chi connectivity index (χ3v) is 2.66. The van der Waals surface area contributed by atoms with E-state index in [1.807, 2.05) is 0 Å². The molecule has 2 aromatic rings. The minimum Gasteiger partial charge on any atom is -0.339 e. The Morgan fingerprint density at radius 2 is 2.20 bits per heavy atom. The molecule has 0 amide bonds. The monoisotopic (exact) mass is 205 g/mol. The summed E-state index contributed by atoms with van der Waals surface area (Å²) in [4.78, 5) is 5.85. The molecule has 1 aliphatic carbocycles. The molecule has 0 aromatic carbocycles. The quantitative estimate of drug-likeness (QED) is 0.742. The van der Waals surface area contributed by atoms with Gasteiger partial charge in [0.15, 0.2) is 5.82 Å². The molecule has 6 nitrogen and oxygen atoms in total. The normalized spacial score (nSPS) is 24.3. The van der Waals surface area contributed by atoms with E-state index in [-0.39, 0.29) is 0 Å². The summed E-state index contributed by atoms with van der Waals surface area (Å²) < 4.78 is 5.18. The van der Waals surface area contributed by atoms with Crippen LogP contribution in [0.15, 0.2) is 16.9 Å². The second-order valence-electron chi connectivity index (χ2n) is 3.93. The summed E-state index contributed by atoms with van der Waals surface area (Å²) in [7, 11) is 0. The van der Waals surface area contributed by atoms with Gasteiger partial charge in [-0.05, 0) is 12.3 Å². The molecule has 6 heteroatoms. The topological polar surface area (TPSA) is 69.6 Å². The maximum absolute atomic E-state index is 5.18. The van der Waals surface area contributed by atoms with Crippen LogP contribution in [0.5, 0.6) is 0 Å². The second-order valence-corrected chi connectivity index (χ2v) is 3.93. The number of rotatable bonds is 3. The zero-order valence-electron chi connectivity index (χ0n) is 8.37. The van der Waals surface area contributed by atoms with E-state index < -0.39 is 0 Å². The Bertz CT molecular complexity index is 449. The van der Waals surface area contributed by atoms with Gasteiger partial charge in [-0.2, -0.15) is 20.0 Å². The Morgan fingerprint density at radius 1 is 1.47 bits per heavy atom. The minimum atomic E-state index is 0.469. The molecule has 78 valence electrons. The van der Waals surface area contributed by atoms with Gasteiger partial charge in [-0.25, -0.2) is 0 Å². The first-order chi connectivity index (χ1) is 7.33. The summed E-state index contributed by atoms with van der Waals surface area (Å²) in [5, 5.41) is 11.9. The molecule has 1 aliphatic rings. The maximum Gasteiger partial charge on any atom is 0.230 e. The van der Waals surface area contributed by atoms with E-state index in [0.29, 0.717) is 24.2 Å². The Kier molecular flexibility index (Phi) is 1.80. The van der Waals surface area contributed by atoms with Gasteiger partial charge in [0.05, 0.1) is 12.4 Å². The highest BCUT2D eigenvalue weighted by atomic mass is 16.5. The van der Waals surface area contributed by atoms with Crippen LogP contribution in [-0.4, -0.2) is 25.1 Å². The van der Waals surface area contributed by atoms with Gasteiger partial charge < -0.3 is 4.52 Å². The van der Waals surface area contributed by atoms with E-state index in [2.05, 4.69) is 27.3 Å². The molecule has 0 radical (unpaired) electrons. The predicted molar refractivity (Wildman–Crippen MR) is 49.9 cm³/mol. The average molecular weight is 205 g/mol. The fourth-order valence-electron chi connectivity index (χ4n) is 1.60. The van der Waals surface area contributed by atoms with Gasteiger partial charge in [0, 0.05) is 5.92 Å². The molecular formula is C9H11N5O. The highest BCUT2D eigenvalue weighted by Gasteiger charge is 2.38. The van der Waals surface area contributed by atoms with E-state index in [0.717, 1.165) is 12.3 Å². The lowest BCUT2D eigenvalue weighted by molar-refractivity contribution is 0.368. The van der Waals surface area contributed by atoms with Crippen LogP contribution >= 0.6 is 0 Å². The van der Waals surface area contributed by atoms with Crippen molar-refractivity contribution in [3.05, 3.63) is 24.1 Å². The van der Waals surface area contributed by atoms with Crippen molar-refractivity contribution in [2.24, 2.45) is 5.92 Å². The molecule has 0 bridgehead atoms. The maximum atomic E-state index is 5.18. The van der Waals surface area contributed by atoms with Gasteiger partial charge in [0.2, 0.25) is 5.89 Å². The highest BCUT2D eigenvalue weighted by Crippen LogP contribution is 2.45. The molecule has 3 rings (SSSR count). The van der Waals surface area contributed by atoms with Crippen LogP contribution in [0.3, 0.4) is 0 Å².